The fraction of sp³-hybridized carbons (Fsp3) is 0.467. The van der Waals surface area contributed by atoms with Crippen LogP contribution in [0.4, 0.5) is 8.78 Å². The van der Waals surface area contributed by atoms with Crippen LogP contribution in [0.2, 0.25) is 0 Å². The van der Waals surface area contributed by atoms with Crippen LogP contribution in [0.25, 0.3) is 0 Å². The molecule has 1 aromatic carbocycles. The second-order valence-electron chi connectivity index (χ2n) is 4.83. The fourth-order valence-corrected chi connectivity index (χ4v) is 1.75. The van der Waals surface area contributed by atoms with Crippen molar-refractivity contribution in [2.45, 2.75) is 38.5 Å². The fourth-order valence-electron chi connectivity index (χ4n) is 1.75. The van der Waals surface area contributed by atoms with Crippen LogP contribution in [-0.4, -0.2) is 42.7 Å². The van der Waals surface area contributed by atoms with Crippen molar-refractivity contribution in [1.29, 1.82) is 0 Å². The molecule has 0 bridgehead atoms. The number of hydrogen-bond acceptors (Lipinski definition) is 4. The molecule has 1 aromatic rings. The number of rotatable bonds is 9. The third kappa shape index (κ3) is 6.60. The van der Waals surface area contributed by atoms with Crippen molar-refractivity contribution < 1.29 is 33.0 Å². The van der Waals surface area contributed by atoms with E-state index in [9.17, 15) is 18.4 Å². The molecule has 128 valence electrons. The van der Waals surface area contributed by atoms with Gasteiger partial charge in [-0.1, -0.05) is 12.1 Å². The van der Waals surface area contributed by atoms with E-state index in [2.05, 4.69) is 0 Å². The molecule has 0 aliphatic carbocycles. The lowest BCUT2D eigenvalue weighted by Gasteiger charge is -2.18. The number of benzene rings is 1. The monoisotopic (exact) mass is 331 g/mol. The summed E-state index contributed by atoms with van der Waals surface area (Å²) in [6.07, 6.45) is -4.77. The molecule has 2 unspecified atom stereocenters. The topological polar surface area (TPSA) is 84.9 Å². The summed E-state index contributed by atoms with van der Waals surface area (Å²) in [5.74, 6) is -1.65. The normalized spacial score (nSPS) is 13.4. The van der Waals surface area contributed by atoms with E-state index in [0.717, 1.165) is 5.56 Å². The Morgan fingerprint density at radius 1 is 1.35 bits per heavy atom. The second-order valence-corrected chi connectivity index (χ2v) is 4.83. The minimum absolute atomic E-state index is 0.0956. The number of carbonyl (C=O) groups is 2. The zero-order chi connectivity index (χ0) is 17.4. The van der Waals surface area contributed by atoms with Crippen LogP contribution in [-0.2, 0) is 20.9 Å². The van der Waals surface area contributed by atoms with Crippen LogP contribution in [0.1, 0.15) is 18.9 Å². The van der Waals surface area contributed by atoms with Gasteiger partial charge in [0.05, 0.1) is 13.7 Å². The Morgan fingerprint density at radius 3 is 2.61 bits per heavy atom. The molecule has 0 heterocycles. The minimum atomic E-state index is -2.83. The van der Waals surface area contributed by atoms with Crippen molar-refractivity contribution in [3.63, 3.8) is 0 Å². The van der Waals surface area contributed by atoms with E-state index in [0.29, 0.717) is 5.75 Å². The predicted molar refractivity (Wildman–Crippen MR) is 77.4 cm³/mol. The molecule has 0 radical (unpaired) electrons. The summed E-state index contributed by atoms with van der Waals surface area (Å²) in [7, 11) is 1.52. The Morgan fingerprint density at radius 2 is 2.04 bits per heavy atom. The van der Waals surface area contributed by atoms with Gasteiger partial charge in [0.1, 0.15) is 17.9 Å². The number of nitrogens with one attached hydrogen (secondary N) is 1. The van der Waals surface area contributed by atoms with Crippen molar-refractivity contribution in [3.05, 3.63) is 29.8 Å². The summed E-state index contributed by atoms with van der Waals surface area (Å²) in [6, 6.07) is 5.35. The zero-order valence-electron chi connectivity index (χ0n) is 12.8. The van der Waals surface area contributed by atoms with Gasteiger partial charge in [-0.25, -0.2) is 13.6 Å². The van der Waals surface area contributed by atoms with Crippen molar-refractivity contribution in [2.24, 2.45) is 0 Å². The summed E-state index contributed by atoms with van der Waals surface area (Å²) in [4.78, 5) is 22.7. The van der Waals surface area contributed by atoms with Gasteiger partial charge < -0.3 is 19.9 Å². The average Bonchev–Trinajstić information content (AvgIpc) is 2.51. The van der Waals surface area contributed by atoms with Crippen molar-refractivity contribution in [3.8, 4) is 5.75 Å². The largest absolute Gasteiger partial charge is 0.497 e. The molecule has 2 atom stereocenters. The molecule has 0 aliphatic rings. The van der Waals surface area contributed by atoms with E-state index in [-0.39, 0.29) is 6.61 Å². The van der Waals surface area contributed by atoms with Gasteiger partial charge in [-0.3, -0.25) is 4.79 Å². The molecule has 0 aromatic heterocycles. The summed E-state index contributed by atoms with van der Waals surface area (Å²) < 4.78 is 34.9. The quantitative estimate of drug-likeness (QED) is 0.721. The summed E-state index contributed by atoms with van der Waals surface area (Å²) in [5.41, 5.74) is 0.756. The van der Waals surface area contributed by atoms with E-state index in [1.54, 1.807) is 24.3 Å². The van der Waals surface area contributed by atoms with Crippen LogP contribution < -0.4 is 10.1 Å². The first-order valence-electron chi connectivity index (χ1n) is 6.89. The lowest BCUT2D eigenvalue weighted by molar-refractivity contribution is -0.145. The SMILES string of the molecule is COc1cccc(COC(C)C(=O)NC(CC(F)F)C(=O)O)c1. The summed E-state index contributed by atoms with van der Waals surface area (Å²) in [6.45, 7) is 1.51. The van der Waals surface area contributed by atoms with E-state index in [1.165, 1.54) is 14.0 Å². The third-order valence-electron chi connectivity index (χ3n) is 3.03. The van der Waals surface area contributed by atoms with Gasteiger partial charge in [-0.2, -0.15) is 0 Å². The number of carbonyl (C=O) groups excluding carboxylic acids is 1. The van der Waals surface area contributed by atoms with E-state index in [1.807, 2.05) is 5.32 Å². The third-order valence-corrected chi connectivity index (χ3v) is 3.03. The van der Waals surface area contributed by atoms with E-state index in [4.69, 9.17) is 14.6 Å². The molecule has 1 rings (SSSR count). The Kier molecular flexibility index (Phi) is 7.40. The maximum absolute atomic E-state index is 12.3. The Labute approximate surface area is 132 Å². The molecule has 8 heteroatoms. The first-order chi connectivity index (χ1) is 10.8. The number of ether oxygens (including phenoxy) is 2. The molecule has 0 aliphatic heterocycles. The van der Waals surface area contributed by atoms with Gasteiger partial charge in [-0.05, 0) is 24.6 Å². The van der Waals surface area contributed by atoms with Crippen LogP contribution in [0.5, 0.6) is 5.75 Å². The highest BCUT2D eigenvalue weighted by Gasteiger charge is 2.26. The smallest absolute Gasteiger partial charge is 0.326 e. The number of halogens is 2. The average molecular weight is 331 g/mol. The van der Waals surface area contributed by atoms with Crippen LogP contribution in [0.3, 0.4) is 0 Å². The summed E-state index contributed by atoms with van der Waals surface area (Å²) >= 11 is 0. The van der Waals surface area contributed by atoms with Crippen molar-refractivity contribution in [2.75, 3.05) is 7.11 Å². The summed E-state index contributed by atoms with van der Waals surface area (Å²) in [5, 5.41) is 10.9. The lowest BCUT2D eigenvalue weighted by atomic mass is 10.2. The molecule has 0 saturated heterocycles. The highest BCUT2D eigenvalue weighted by atomic mass is 19.3. The van der Waals surface area contributed by atoms with Gasteiger partial charge in [0.15, 0.2) is 0 Å². The molecule has 6 nitrogen and oxygen atoms in total. The number of amides is 1. The van der Waals surface area contributed by atoms with Gasteiger partial charge in [-0.15, -0.1) is 0 Å². The first-order valence-corrected chi connectivity index (χ1v) is 6.89. The van der Waals surface area contributed by atoms with Crippen LogP contribution >= 0.6 is 0 Å². The Bertz CT molecular complexity index is 538. The molecule has 0 fully saturated rings. The molecule has 1 amide bonds. The highest BCUT2D eigenvalue weighted by molar-refractivity contribution is 5.86. The number of aliphatic carboxylic acids is 1. The number of methoxy groups -OCH3 is 1. The van der Waals surface area contributed by atoms with Crippen molar-refractivity contribution in [1.82, 2.24) is 5.32 Å². The van der Waals surface area contributed by atoms with Gasteiger partial charge >= 0.3 is 5.97 Å². The number of carboxylic acids is 1. The van der Waals surface area contributed by atoms with Gasteiger partial charge in [0.2, 0.25) is 12.3 Å². The maximum atomic E-state index is 12.3. The molecule has 0 spiro atoms. The Balaban J connectivity index is 2.53. The number of hydrogen-bond donors (Lipinski definition) is 2. The standard InChI is InChI=1S/C15H19F2NO5/c1-9(14(19)18-12(15(20)21)7-13(16)17)23-8-10-4-3-5-11(6-10)22-2/h3-6,9,12-13H,7-8H2,1-2H3,(H,18,19)(H,20,21). The van der Waals surface area contributed by atoms with E-state index >= 15 is 0 Å². The second kappa shape index (κ2) is 9.04. The van der Waals surface area contributed by atoms with Crippen molar-refractivity contribution >= 4 is 11.9 Å². The number of alkyl halides is 2. The van der Waals surface area contributed by atoms with Gasteiger partial charge in [0, 0.05) is 6.42 Å². The highest BCUT2D eigenvalue weighted by Crippen LogP contribution is 2.14. The first kappa shape index (κ1) is 18.8. The molecule has 0 saturated carbocycles. The molecule has 2 N–H and O–H groups in total. The molecular formula is C15H19F2NO5. The van der Waals surface area contributed by atoms with Crippen LogP contribution in [0, 0.1) is 0 Å². The molecule has 23 heavy (non-hydrogen) atoms. The zero-order valence-corrected chi connectivity index (χ0v) is 12.8. The predicted octanol–water partition coefficient (Wildman–Crippen LogP) is 1.82. The Hall–Kier alpha value is -2.22. The van der Waals surface area contributed by atoms with E-state index < -0.39 is 36.9 Å². The molecular weight excluding hydrogens is 312 g/mol. The minimum Gasteiger partial charge on any atom is -0.497 e. The van der Waals surface area contributed by atoms with Crippen LogP contribution in [0.15, 0.2) is 24.3 Å². The lowest BCUT2D eigenvalue weighted by Crippen LogP contribution is -2.46. The maximum Gasteiger partial charge on any atom is 0.326 e. The van der Waals surface area contributed by atoms with Gasteiger partial charge in [0.25, 0.3) is 0 Å². The number of carboxylic acid groups (broad SMARTS) is 1.